The highest BCUT2D eigenvalue weighted by Gasteiger charge is 2.34. The molecule has 1 unspecified atom stereocenters. The number of rotatable bonds is 8. The summed E-state index contributed by atoms with van der Waals surface area (Å²) in [6.45, 7) is 6.46. The third-order valence-corrected chi connectivity index (χ3v) is 6.92. The molecule has 204 valence electrons. The number of hydrogen-bond acceptors (Lipinski definition) is 5. The highest BCUT2D eigenvalue weighted by molar-refractivity contribution is 6.30. The molecule has 0 radical (unpaired) electrons. The van der Waals surface area contributed by atoms with Crippen LogP contribution in [0.25, 0.3) is 0 Å². The number of anilines is 2. The number of amides is 3. The van der Waals surface area contributed by atoms with Crippen LogP contribution < -0.4 is 26.0 Å². The SMILES string of the molecule is Cc1ccc(C2CC(=O)Nc3cc(C(=O)NCC(C)(C)CN)ccc3N2C(=O)COc2ccc(Cl)cc2)cc1. The van der Waals surface area contributed by atoms with Crippen LogP contribution in [0.4, 0.5) is 11.4 Å². The van der Waals surface area contributed by atoms with Crippen molar-refractivity contribution >= 4 is 40.7 Å². The van der Waals surface area contributed by atoms with E-state index in [0.717, 1.165) is 11.1 Å². The number of nitrogens with one attached hydrogen (secondary N) is 2. The highest BCUT2D eigenvalue weighted by Crippen LogP contribution is 2.39. The van der Waals surface area contributed by atoms with E-state index in [4.69, 9.17) is 22.1 Å². The third kappa shape index (κ3) is 6.96. The minimum Gasteiger partial charge on any atom is -0.484 e. The standard InChI is InChI=1S/C30H33ClN4O4/c1-19-4-6-20(7-5-19)26-15-27(36)34-24-14-21(29(38)33-18-30(2,3)17-32)8-13-25(24)35(26)28(37)16-39-23-11-9-22(31)10-12-23/h4-14,26H,15-18,32H2,1-3H3,(H,33,38)(H,34,36). The van der Waals surface area contributed by atoms with Crippen LogP contribution in [0.2, 0.25) is 5.02 Å². The van der Waals surface area contributed by atoms with Crippen molar-refractivity contribution in [2.75, 3.05) is 29.9 Å². The Morgan fingerprint density at radius 3 is 2.46 bits per heavy atom. The first-order chi connectivity index (χ1) is 18.6. The van der Waals surface area contributed by atoms with E-state index < -0.39 is 6.04 Å². The van der Waals surface area contributed by atoms with Gasteiger partial charge in [0, 0.05) is 17.1 Å². The van der Waals surface area contributed by atoms with Crippen molar-refractivity contribution in [2.24, 2.45) is 11.1 Å². The zero-order valence-electron chi connectivity index (χ0n) is 22.3. The van der Waals surface area contributed by atoms with Crippen molar-refractivity contribution in [3.63, 3.8) is 0 Å². The number of nitrogens with zero attached hydrogens (tertiary/aromatic N) is 1. The van der Waals surface area contributed by atoms with E-state index in [1.54, 1.807) is 47.4 Å². The Balaban J connectivity index is 1.68. The lowest BCUT2D eigenvalue weighted by Gasteiger charge is -2.31. The molecule has 9 heteroatoms. The number of nitrogens with two attached hydrogens (primary N) is 1. The fourth-order valence-electron chi connectivity index (χ4n) is 4.23. The maximum atomic E-state index is 13.7. The van der Waals surface area contributed by atoms with E-state index in [1.807, 2.05) is 45.0 Å². The van der Waals surface area contributed by atoms with Gasteiger partial charge in [-0.25, -0.2) is 0 Å². The van der Waals surface area contributed by atoms with Gasteiger partial charge in [-0.15, -0.1) is 0 Å². The van der Waals surface area contributed by atoms with Crippen LogP contribution in [-0.2, 0) is 9.59 Å². The molecule has 0 bridgehead atoms. The molecule has 0 aliphatic carbocycles. The van der Waals surface area contributed by atoms with Crippen LogP contribution in [0.3, 0.4) is 0 Å². The van der Waals surface area contributed by atoms with Gasteiger partial charge in [0.25, 0.3) is 11.8 Å². The Bertz CT molecular complexity index is 1360. The van der Waals surface area contributed by atoms with E-state index in [0.29, 0.717) is 40.8 Å². The molecule has 1 aliphatic heterocycles. The number of carbonyl (C=O) groups excluding carboxylic acids is 3. The summed E-state index contributed by atoms with van der Waals surface area (Å²) < 4.78 is 5.77. The lowest BCUT2D eigenvalue weighted by atomic mass is 9.94. The van der Waals surface area contributed by atoms with Gasteiger partial charge in [0.05, 0.1) is 23.8 Å². The molecule has 3 aromatic carbocycles. The molecule has 4 N–H and O–H groups in total. The number of fused-ring (bicyclic) bond motifs is 1. The average molecular weight is 549 g/mol. The molecule has 3 amide bonds. The Kier molecular flexibility index (Phi) is 8.57. The lowest BCUT2D eigenvalue weighted by Crippen LogP contribution is -2.39. The van der Waals surface area contributed by atoms with Crippen LogP contribution in [0.1, 0.15) is 47.8 Å². The summed E-state index contributed by atoms with van der Waals surface area (Å²) in [5.41, 5.74) is 8.62. The smallest absolute Gasteiger partial charge is 0.265 e. The number of hydrogen-bond donors (Lipinski definition) is 3. The predicted octanol–water partition coefficient (Wildman–Crippen LogP) is 4.86. The predicted molar refractivity (Wildman–Crippen MR) is 153 cm³/mol. The maximum absolute atomic E-state index is 13.7. The molecule has 4 rings (SSSR count). The largest absolute Gasteiger partial charge is 0.484 e. The summed E-state index contributed by atoms with van der Waals surface area (Å²) in [5, 5.41) is 6.35. The second kappa shape index (κ2) is 11.9. The molecular formula is C30H33ClN4O4. The van der Waals surface area contributed by atoms with Crippen molar-refractivity contribution < 1.29 is 19.1 Å². The minimum absolute atomic E-state index is 0.0383. The molecule has 0 fully saturated rings. The Morgan fingerprint density at radius 1 is 1.10 bits per heavy atom. The Morgan fingerprint density at radius 2 is 1.79 bits per heavy atom. The summed E-state index contributed by atoms with van der Waals surface area (Å²) in [7, 11) is 0. The van der Waals surface area contributed by atoms with Gasteiger partial charge < -0.3 is 21.1 Å². The third-order valence-electron chi connectivity index (χ3n) is 6.67. The van der Waals surface area contributed by atoms with Crippen molar-refractivity contribution in [3.05, 3.63) is 88.4 Å². The van der Waals surface area contributed by atoms with Crippen LogP contribution in [0.5, 0.6) is 5.75 Å². The molecule has 8 nitrogen and oxygen atoms in total. The van der Waals surface area contributed by atoms with Crippen LogP contribution in [0, 0.1) is 12.3 Å². The van der Waals surface area contributed by atoms with E-state index in [-0.39, 0.29) is 36.2 Å². The van der Waals surface area contributed by atoms with E-state index in [1.165, 1.54) is 0 Å². The summed E-state index contributed by atoms with van der Waals surface area (Å²) in [5.74, 6) is -0.402. The van der Waals surface area contributed by atoms with E-state index in [2.05, 4.69) is 10.6 Å². The van der Waals surface area contributed by atoms with Gasteiger partial charge in [0.1, 0.15) is 5.75 Å². The number of aryl methyl sites for hydroxylation is 1. The van der Waals surface area contributed by atoms with Crippen molar-refractivity contribution in [1.82, 2.24) is 5.32 Å². The van der Waals surface area contributed by atoms with Crippen molar-refractivity contribution in [1.29, 1.82) is 0 Å². The van der Waals surface area contributed by atoms with Gasteiger partial charge in [-0.3, -0.25) is 19.3 Å². The molecule has 0 saturated heterocycles. The number of carbonyl (C=O) groups is 3. The fraction of sp³-hybridized carbons (Fsp3) is 0.300. The Labute approximate surface area is 233 Å². The normalized spacial score (nSPS) is 15.2. The lowest BCUT2D eigenvalue weighted by molar-refractivity contribution is -0.121. The first-order valence-corrected chi connectivity index (χ1v) is 13.1. The van der Waals surface area contributed by atoms with Gasteiger partial charge in [-0.05, 0) is 66.9 Å². The second-order valence-corrected chi connectivity index (χ2v) is 10.9. The Hall–Kier alpha value is -3.88. The summed E-state index contributed by atoms with van der Waals surface area (Å²) in [6.07, 6.45) is 0.0383. The molecule has 1 aliphatic rings. The first kappa shape index (κ1) is 28.1. The van der Waals surface area contributed by atoms with Crippen LogP contribution in [0.15, 0.2) is 66.7 Å². The maximum Gasteiger partial charge on any atom is 0.265 e. The van der Waals surface area contributed by atoms with Gasteiger partial charge in [0.2, 0.25) is 5.91 Å². The minimum atomic E-state index is -0.571. The van der Waals surface area contributed by atoms with Gasteiger partial charge in [-0.2, -0.15) is 0 Å². The highest BCUT2D eigenvalue weighted by atomic mass is 35.5. The molecule has 1 atom stereocenters. The summed E-state index contributed by atoms with van der Waals surface area (Å²) in [6, 6.07) is 18.8. The molecular weight excluding hydrogens is 516 g/mol. The monoisotopic (exact) mass is 548 g/mol. The molecule has 1 heterocycles. The molecule has 0 saturated carbocycles. The quantitative estimate of drug-likeness (QED) is 0.372. The second-order valence-electron chi connectivity index (χ2n) is 10.5. The van der Waals surface area contributed by atoms with E-state index in [9.17, 15) is 14.4 Å². The first-order valence-electron chi connectivity index (χ1n) is 12.8. The fourth-order valence-corrected chi connectivity index (χ4v) is 4.35. The number of halogens is 1. The van der Waals surface area contributed by atoms with E-state index >= 15 is 0 Å². The summed E-state index contributed by atoms with van der Waals surface area (Å²) >= 11 is 5.96. The molecule has 0 spiro atoms. The van der Waals surface area contributed by atoms with Gasteiger partial charge in [-0.1, -0.05) is 55.3 Å². The molecule has 0 aromatic heterocycles. The number of ether oxygens (including phenoxy) is 1. The molecule has 39 heavy (non-hydrogen) atoms. The zero-order chi connectivity index (χ0) is 28.2. The summed E-state index contributed by atoms with van der Waals surface area (Å²) in [4.78, 5) is 41.2. The van der Waals surface area contributed by atoms with Crippen LogP contribution in [-0.4, -0.2) is 37.4 Å². The number of benzene rings is 3. The molecule has 3 aromatic rings. The van der Waals surface area contributed by atoms with Gasteiger partial charge >= 0.3 is 0 Å². The zero-order valence-corrected chi connectivity index (χ0v) is 23.0. The van der Waals surface area contributed by atoms with Crippen LogP contribution >= 0.6 is 11.6 Å². The van der Waals surface area contributed by atoms with Crippen molar-refractivity contribution in [3.8, 4) is 5.75 Å². The topological polar surface area (TPSA) is 114 Å². The van der Waals surface area contributed by atoms with Crippen molar-refractivity contribution in [2.45, 2.75) is 33.2 Å². The average Bonchev–Trinajstić information content (AvgIpc) is 3.07. The van der Waals surface area contributed by atoms with Gasteiger partial charge in [0.15, 0.2) is 6.61 Å².